The van der Waals surface area contributed by atoms with E-state index in [4.69, 9.17) is 28.2 Å². The normalized spacial score (nSPS) is 29.2. The van der Waals surface area contributed by atoms with Gasteiger partial charge in [0.1, 0.15) is 0 Å². The van der Waals surface area contributed by atoms with Gasteiger partial charge in [0, 0.05) is 60.1 Å². The third-order valence-corrected chi connectivity index (χ3v) is 11.1. The second kappa shape index (κ2) is 11.4. The summed E-state index contributed by atoms with van der Waals surface area (Å²) < 4.78 is 0. The van der Waals surface area contributed by atoms with E-state index >= 15 is 0 Å². The van der Waals surface area contributed by atoms with Gasteiger partial charge in [0.05, 0.1) is 6.04 Å². The summed E-state index contributed by atoms with van der Waals surface area (Å²) in [6, 6.07) is 12.5. The maximum atomic E-state index is 13.4. The number of rotatable bonds is 5. The van der Waals surface area contributed by atoms with Crippen LogP contribution in [-0.4, -0.2) is 66.5 Å². The van der Waals surface area contributed by atoms with E-state index in [0.717, 1.165) is 66.2 Å². The summed E-state index contributed by atoms with van der Waals surface area (Å²) in [6.07, 6.45) is 4.07. The molecule has 8 heteroatoms. The van der Waals surface area contributed by atoms with Gasteiger partial charge >= 0.3 is 0 Å². The highest BCUT2D eigenvalue weighted by Crippen LogP contribution is 2.61. The first-order valence-electron chi connectivity index (χ1n) is 15.3. The van der Waals surface area contributed by atoms with Crippen molar-refractivity contribution in [3.63, 3.8) is 0 Å². The van der Waals surface area contributed by atoms with Crippen LogP contribution in [0.5, 0.6) is 0 Å². The Morgan fingerprint density at radius 1 is 1.12 bits per heavy atom. The van der Waals surface area contributed by atoms with E-state index in [2.05, 4.69) is 49.3 Å². The Balaban J connectivity index is 1.18. The summed E-state index contributed by atoms with van der Waals surface area (Å²) in [6.45, 7) is 13.7. The number of carbonyl (C=O) groups is 1. The molecule has 2 N–H and O–H groups in total. The van der Waals surface area contributed by atoms with Crippen LogP contribution in [0.4, 0.5) is 5.69 Å². The van der Waals surface area contributed by atoms with Crippen molar-refractivity contribution in [2.45, 2.75) is 65.5 Å². The summed E-state index contributed by atoms with van der Waals surface area (Å²) in [5, 5.41) is 8.56. The number of carbonyl (C=O) groups excluding carboxylic acids is 1. The molecular formula is C33H43Cl2N5O. The van der Waals surface area contributed by atoms with Crippen molar-refractivity contribution >= 4 is 40.8 Å². The molecule has 0 spiro atoms. The number of aliphatic imine (C=N–C) groups is 1. The van der Waals surface area contributed by atoms with E-state index < -0.39 is 0 Å². The average Bonchev–Trinajstić information content (AvgIpc) is 2.94. The summed E-state index contributed by atoms with van der Waals surface area (Å²) in [7, 11) is 0. The van der Waals surface area contributed by atoms with Crippen LogP contribution >= 0.6 is 23.2 Å². The van der Waals surface area contributed by atoms with Crippen molar-refractivity contribution in [2.75, 3.05) is 38.0 Å². The largest absolute Gasteiger partial charge is 0.340 e. The van der Waals surface area contributed by atoms with E-state index in [9.17, 15) is 4.79 Å². The smallest absolute Gasteiger partial charge is 0.254 e. The number of fused-ring (bicyclic) bond motifs is 3. The average molecular weight is 597 g/mol. The molecular weight excluding hydrogens is 553 g/mol. The van der Waals surface area contributed by atoms with Crippen molar-refractivity contribution in [1.29, 1.82) is 0 Å². The molecule has 220 valence electrons. The van der Waals surface area contributed by atoms with Crippen molar-refractivity contribution in [3.05, 3.63) is 63.1 Å². The van der Waals surface area contributed by atoms with Crippen LogP contribution in [0.3, 0.4) is 0 Å². The van der Waals surface area contributed by atoms with Gasteiger partial charge in [-0.15, -0.1) is 0 Å². The Labute approximate surface area is 254 Å². The number of nitrogens with zero attached hydrogens (tertiary/aromatic N) is 3. The van der Waals surface area contributed by atoms with Gasteiger partial charge < -0.3 is 20.4 Å². The van der Waals surface area contributed by atoms with E-state index in [1.807, 2.05) is 29.2 Å². The van der Waals surface area contributed by atoms with Crippen molar-refractivity contribution < 1.29 is 4.79 Å². The number of amides is 1. The second-order valence-electron chi connectivity index (χ2n) is 13.3. The SMILES string of the molecule is C[C@@H]1C(/N=C(/Nc2ccc3c(c2)CCN(CCc2ccc(Cl)cc2Cl)C3=O)N2CCN[C@@H](C)C2)C[C@H]2C[C@@H]1C2(C)C. The number of halogens is 2. The van der Waals surface area contributed by atoms with Gasteiger partial charge in [0.25, 0.3) is 5.91 Å². The number of hydrogen-bond acceptors (Lipinski definition) is 3. The molecule has 1 unspecified atom stereocenters. The van der Waals surface area contributed by atoms with Crippen LogP contribution in [0.2, 0.25) is 10.0 Å². The molecule has 2 aromatic rings. The highest BCUT2D eigenvalue weighted by Gasteiger charge is 2.56. The molecule has 4 fully saturated rings. The molecule has 3 saturated carbocycles. The molecule has 2 aliphatic heterocycles. The van der Waals surface area contributed by atoms with Crippen molar-refractivity contribution in [1.82, 2.24) is 15.1 Å². The van der Waals surface area contributed by atoms with Gasteiger partial charge in [-0.05, 0) is 97.2 Å². The van der Waals surface area contributed by atoms with Gasteiger partial charge in [-0.25, -0.2) is 4.99 Å². The molecule has 0 radical (unpaired) electrons. The Hall–Kier alpha value is -2.28. The van der Waals surface area contributed by atoms with E-state index in [1.165, 1.54) is 12.8 Å². The number of guanidine groups is 1. The summed E-state index contributed by atoms with van der Waals surface area (Å²) in [5.41, 5.74) is 4.36. The number of anilines is 1. The summed E-state index contributed by atoms with van der Waals surface area (Å²) >= 11 is 12.4. The fourth-order valence-electron chi connectivity index (χ4n) is 7.70. The standard InChI is InChI=1S/C33H43Cl2N5O/c1-20-19-40(14-11-36-20)32(38-30-17-24-16-28(21(30)2)33(24,3)4)37-26-7-8-27-23(15-26)10-13-39(31(27)41)12-9-22-5-6-25(34)18-29(22)35/h5-8,15,18,20-21,24,28,30,36H,9-14,16-17,19H2,1-4H3,(H,37,38)/t20-,21-,24+,28-,30?/m0/s1. The van der Waals surface area contributed by atoms with Crippen LogP contribution in [-0.2, 0) is 12.8 Å². The second-order valence-corrected chi connectivity index (χ2v) is 14.1. The zero-order valence-electron chi connectivity index (χ0n) is 24.7. The number of piperazine rings is 1. The minimum Gasteiger partial charge on any atom is -0.340 e. The molecule has 41 heavy (non-hydrogen) atoms. The van der Waals surface area contributed by atoms with E-state index in [0.29, 0.717) is 53.0 Å². The third-order valence-electron chi connectivity index (χ3n) is 10.5. The number of benzene rings is 2. The minimum absolute atomic E-state index is 0.0885. The van der Waals surface area contributed by atoms with Crippen LogP contribution < -0.4 is 10.6 Å². The first-order valence-corrected chi connectivity index (χ1v) is 16.0. The summed E-state index contributed by atoms with van der Waals surface area (Å²) in [4.78, 5) is 23.2. The first kappa shape index (κ1) is 28.8. The van der Waals surface area contributed by atoms with Gasteiger partial charge in [-0.2, -0.15) is 0 Å². The minimum atomic E-state index is 0.0885. The Bertz CT molecular complexity index is 1340. The van der Waals surface area contributed by atoms with Gasteiger partial charge in [-0.3, -0.25) is 4.79 Å². The lowest BCUT2D eigenvalue weighted by Gasteiger charge is -2.61. The quantitative estimate of drug-likeness (QED) is 0.311. The monoisotopic (exact) mass is 595 g/mol. The van der Waals surface area contributed by atoms with Crippen LogP contribution in [0.25, 0.3) is 0 Å². The van der Waals surface area contributed by atoms with E-state index in [-0.39, 0.29) is 5.91 Å². The number of hydrogen-bond donors (Lipinski definition) is 2. The Morgan fingerprint density at radius 2 is 1.95 bits per heavy atom. The maximum absolute atomic E-state index is 13.4. The molecule has 5 atom stereocenters. The fraction of sp³-hybridized carbons (Fsp3) is 0.576. The maximum Gasteiger partial charge on any atom is 0.254 e. The lowest BCUT2D eigenvalue weighted by molar-refractivity contribution is -0.108. The van der Waals surface area contributed by atoms with Crippen molar-refractivity contribution in [3.8, 4) is 0 Å². The highest BCUT2D eigenvalue weighted by atomic mass is 35.5. The zero-order valence-corrected chi connectivity index (χ0v) is 26.2. The van der Waals surface area contributed by atoms with Gasteiger partial charge in [-0.1, -0.05) is 50.0 Å². The van der Waals surface area contributed by atoms with Crippen LogP contribution in [0, 0.1) is 23.2 Å². The molecule has 7 rings (SSSR count). The molecule has 0 aromatic heterocycles. The lowest BCUT2D eigenvalue weighted by atomic mass is 9.45. The topological polar surface area (TPSA) is 60.0 Å². The molecule has 1 saturated heterocycles. The van der Waals surface area contributed by atoms with Gasteiger partial charge in [0.15, 0.2) is 5.96 Å². The fourth-order valence-corrected chi connectivity index (χ4v) is 8.21. The third kappa shape index (κ3) is 5.72. The molecule has 1 amide bonds. The highest BCUT2D eigenvalue weighted by molar-refractivity contribution is 6.35. The molecule has 2 heterocycles. The molecule has 6 nitrogen and oxygen atoms in total. The lowest BCUT2D eigenvalue weighted by Crippen LogP contribution is -2.57. The molecule has 2 bridgehead atoms. The van der Waals surface area contributed by atoms with Crippen LogP contribution in [0.15, 0.2) is 41.4 Å². The number of nitrogens with one attached hydrogen (secondary N) is 2. The van der Waals surface area contributed by atoms with E-state index in [1.54, 1.807) is 6.07 Å². The summed E-state index contributed by atoms with van der Waals surface area (Å²) in [5.74, 6) is 3.19. The van der Waals surface area contributed by atoms with Gasteiger partial charge in [0.2, 0.25) is 0 Å². The predicted molar refractivity (Wildman–Crippen MR) is 169 cm³/mol. The molecule has 2 aromatic carbocycles. The molecule has 5 aliphatic rings. The first-order chi connectivity index (χ1) is 19.6. The Morgan fingerprint density at radius 3 is 2.68 bits per heavy atom. The molecule has 3 aliphatic carbocycles. The van der Waals surface area contributed by atoms with Crippen LogP contribution in [0.1, 0.15) is 62.0 Å². The van der Waals surface area contributed by atoms with Crippen molar-refractivity contribution in [2.24, 2.45) is 28.2 Å². The zero-order chi connectivity index (χ0) is 28.9. The Kier molecular flexibility index (Phi) is 8.03. The predicted octanol–water partition coefficient (Wildman–Crippen LogP) is 6.37.